The number of benzene rings is 1. The van der Waals surface area contributed by atoms with Gasteiger partial charge >= 0.3 is 0 Å². The number of hydrogen-bond donors (Lipinski definition) is 2. The fourth-order valence-corrected chi connectivity index (χ4v) is 4.48. The molecule has 4 heteroatoms. The molecule has 2 bridgehead atoms. The summed E-state index contributed by atoms with van der Waals surface area (Å²) in [6, 6.07) is 2.47. The normalized spacial score (nSPS) is 53.3. The molecule has 1 spiro atoms. The average Bonchev–Trinajstić information content (AvgIpc) is 2.94. The maximum Gasteiger partial charge on any atom is 0.165 e. The van der Waals surface area contributed by atoms with Gasteiger partial charge in [-0.25, -0.2) is 0 Å². The van der Waals surface area contributed by atoms with Crippen LogP contribution in [0.15, 0.2) is 24.3 Å². The minimum atomic E-state index is -2.64. The Bertz CT molecular complexity index is 871. The molecule has 0 radical (unpaired) electrons. The highest BCUT2D eigenvalue weighted by molar-refractivity contribution is 5.61. The number of rotatable bonds is 0. The highest BCUT2D eigenvalue weighted by Crippen LogP contribution is 2.62. The lowest BCUT2D eigenvalue weighted by Crippen LogP contribution is -2.64. The molecule has 21 heavy (non-hydrogen) atoms. The molecule has 1 aromatic rings. The van der Waals surface area contributed by atoms with Gasteiger partial charge in [0, 0.05) is 31.2 Å². The van der Waals surface area contributed by atoms with E-state index in [-0.39, 0.29) is 11.5 Å². The third-order valence-electron chi connectivity index (χ3n) is 5.33. The molecule has 2 N–H and O–H groups in total. The predicted molar refractivity (Wildman–Crippen MR) is 77.6 cm³/mol. The Balaban J connectivity index is 1.88. The number of likely N-dealkylation sites (N-methyl/N-ethyl adjacent to an activating group) is 1. The third kappa shape index (κ3) is 1.21. The van der Waals surface area contributed by atoms with E-state index < -0.39 is 49.5 Å². The number of aliphatic hydroxyl groups is 1. The van der Waals surface area contributed by atoms with E-state index in [1.165, 1.54) is 12.1 Å². The number of phenolic OH excluding ortho intramolecular Hbond substituents is 1. The lowest BCUT2D eigenvalue weighted by atomic mass is 9.53. The molecule has 0 amide bonds. The molecular formula is C17H19NO3. The van der Waals surface area contributed by atoms with Crippen molar-refractivity contribution in [2.75, 3.05) is 13.5 Å². The van der Waals surface area contributed by atoms with E-state index in [1.807, 2.05) is 0 Å². The Morgan fingerprint density at radius 1 is 1.48 bits per heavy atom. The quantitative estimate of drug-likeness (QED) is 0.705. The van der Waals surface area contributed by atoms with Gasteiger partial charge in [-0.3, -0.25) is 0 Å². The first-order valence-corrected chi connectivity index (χ1v) is 7.12. The maximum atomic E-state index is 10.6. The van der Waals surface area contributed by atoms with Crippen LogP contribution in [-0.2, 0) is 11.8 Å². The van der Waals surface area contributed by atoms with Crippen molar-refractivity contribution in [3.05, 3.63) is 35.4 Å². The Kier molecular flexibility index (Phi) is 1.32. The first kappa shape index (κ1) is 7.65. The molecule has 0 aromatic heterocycles. The Morgan fingerprint density at radius 3 is 3.24 bits per heavy atom. The van der Waals surface area contributed by atoms with Gasteiger partial charge in [0.1, 0.15) is 12.2 Å². The third-order valence-corrected chi connectivity index (χ3v) is 5.33. The Hall–Kier alpha value is -1.52. The summed E-state index contributed by atoms with van der Waals surface area (Å²) in [6.07, 6.45) is -1.02. The zero-order chi connectivity index (χ0) is 19.5. The van der Waals surface area contributed by atoms with E-state index in [0.29, 0.717) is 17.5 Å². The van der Waals surface area contributed by atoms with E-state index in [0.717, 1.165) is 4.90 Å². The summed E-state index contributed by atoms with van der Waals surface area (Å²) in [7, 11) is 0. The molecule has 5 rings (SSSR count). The molecule has 4 aliphatic rings. The maximum absolute atomic E-state index is 10.6. The number of aromatic hydroxyl groups is 1. The highest BCUT2D eigenvalue weighted by atomic mass is 16.5. The van der Waals surface area contributed by atoms with Gasteiger partial charge in [-0.1, -0.05) is 18.2 Å². The lowest BCUT2D eigenvalue weighted by molar-refractivity contribution is -0.0453. The fraction of sp³-hybridized carbons (Fsp3) is 0.529. The van der Waals surface area contributed by atoms with Crippen LogP contribution >= 0.6 is 0 Å². The van der Waals surface area contributed by atoms with Crippen LogP contribution in [-0.4, -0.2) is 46.9 Å². The number of phenols is 1. The summed E-state index contributed by atoms with van der Waals surface area (Å²) in [6.45, 7) is -4.31. The molecule has 1 saturated heterocycles. The Labute approximate surface area is 132 Å². The van der Waals surface area contributed by atoms with Gasteiger partial charge in [0.05, 0.1) is 0 Å². The Morgan fingerprint density at radius 2 is 2.38 bits per heavy atom. The molecule has 2 aliphatic carbocycles. The molecule has 110 valence electrons. The van der Waals surface area contributed by atoms with Gasteiger partial charge in [0.2, 0.25) is 0 Å². The van der Waals surface area contributed by atoms with Gasteiger partial charge in [-0.05, 0) is 37.9 Å². The van der Waals surface area contributed by atoms with Crippen molar-refractivity contribution in [1.29, 1.82) is 0 Å². The van der Waals surface area contributed by atoms with Gasteiger partial charge in [-0.2, -0.15) is 0 Å². The molecular weight excluding hydrogens is 266 g/mol. The number of hydrogen-bond acceptors (Lipinski definition) is 4. The molecule has 1 fully saturated rings. The molecule has 1 unspecified atom stereocenters. The van der Waals surface area contributed by atoms with E-state index >= 15 is 0 Å². The van der Waals surface area contributed by atoms with Crippen molar-refractivity contribution in [2.24, 2.45) is 5.92 Å². The SMILES string of the molecule is [2H]C1N(C([2H])([2H])[2H])[C@@H]2Cc3ccc(O)c4c3[C@@]3([C@H]2C=C[C@H](O)[C@@H]3O4)C1([2H])[2H]. The van der Waals surface area contributed by atoms with E-state index in [2.05, 4.69) is 0 Å². The van der Waals surface area contributed by atoms with Crippen LogP contribution < -0.4 is 4.74 Å². The minimum absolute atomic E-state index is 0.141. The number of piperidine rings is 1. The second kappa shape index (κ2) is 3.62. The molecule has 2 heterocycles. The zero-order valence-corrected chi connectivity index (χ0v) is 11.2. The van der Waals surface area contributed by atoms with Crippen molar-refractivity contribution in [2.45, 2.75) is 36.5 Å². The molecule has 1 aromatic carbocycles. The van der Waals surface area contributed by atoms with E-state index in [4.69, 9.17) is 13.0 Å². The van der Waals surface area contributed by atoms with Crippen LogP contribution in [0.4, 0.5) is 0 Å². The number of aliphatic hydroxyl groups excluding tert-OH is 1. The number of nitrogens with zero attached hydrogens (tertiary/aromatic N) is 1. The van der Waals surface area contributed by atoms with Crippen molar-refractivity contribution in [3.8, 4) is 11.5 Å². The molecule has 0 saturated carbocycles. The van der Waals surface area contributed by atoms with Gasteiger partial charge in [0.25, 0.3) is 0 Å². The first-order chi connectivity index (χ1) is 12.5. The average molecular weight is 291 g/mol. The predicted octanol–water partition coefficient (Wildman–Crippen LogP) is 1.20. The second-order valence-corrected chi connectivity index (χ2v) is 6.21. The standard InChI is InChI=1S/C17H19NO3/c1-18-7-6-17-10-3-5-13(20)16(17)21-15-12(19)4-2-9(14(15)17)8-11(10)18/h2-5,10-11,13,16,19-20H,6-8H2,1H3/t10-,11+,13-,16-,17-/m0/s1/i1D3,6D2,7D/t7?,10-,11+,13-,16-,17-. The largest absolute Gasteiger partial charge is 0.504 e. The van der Waals surface area contributed by atoms with Crippen molar-refractivity contribution in [1.82, 2.24) is 4.90 Å². The topological polar surface area (TPSA) is 52.9 Å². The van der Waals surface area contributed by atoms with Crippen molar-refractivity contribution in [3.63, 3.8) is 0 Å². The molecule has 4 nitrogen and oxygen atoms in total. The number of likely N-dealkylation sites (tertiary alicyclic amines) is 1. The molecule has 6 atom stereocenters. The summed E-state index contributed by atoms with van der Waals surface area (Å²) in [5, 5.41) is 20.9. The minimum Gasteiger partial charge on any atom is -0.504 e. The van der Waals surface area contributed by atoms with Gasteiger partial charge in [-0.15, -0.1) is 0 Å². The highest BCUT2D eigenvalue weighted by Gasteiger charge is 2.64. The fourth-order valence-electron chi connectivity index (χ4n) is 4.48. The van der Waals surface area contributed by atoms with Crippen molar-refractivity contribution < 1.29 is 23.2 Å². The summed E-state index contributed by atoms with van der Waals surface area (Å²) in [5.74, 6) is -0.599. The monoisotopic (exact) mass is 291 g/mol. The van der Waals surface area contributed by atoms with Gasteiger partial charge < -0.3 is 19.8 Å². The van der Waals surface area contributed by atoms with Crippen LogP contribution in [0.5, 0.6) is 11.5 Å². The van der Waals surface area contributed by atoms with Crippen molar-refractivity contribution >= 4 is 0 Å². The van der Waals surface area contributed by atoms with E-state index in [1.54, 1.807) is 12.1 Å². The zero-order valence-electron chi connectivity index (χ0n) is 17.2. The lowest BCUT2D eigenvalue weighted by Gasteiger charge is -2.56. The van der Waals surface area contributed by atoms with Crippen LogP contribution in [0.1, 0.15) is 25.7 Å². The van der Waals surface area contributed by atoms with Crippen LogP contribution in [0.3, 0.4) is 0 Å². The number of ether oxygens (including phenoxy) is 1. The summed E-state index contributed by atoms with van der Waals surface area (Å²) >= 11 is 0. The van der Waals surface area contributed by atoms with Crippen LogP contribution in [0.25, 0.3) is 0 Å². The summed E-state index contributed by atoms with van der Waals surface area (Å²) in [5.41, 5.74) is -0.259. The summed E-state index contributed by atoms with van der Waals surface area (Å²) in [4.78, 5) is 0.982. The molecule has 2 aliphatic heterocycles. The van der Waals surface area contributed by atoms with Gasteiger partial charge in [0.15, 0.2) is 11.5 Å². The second-order valence-electron chi connectivity index (χ2n) is 6.21. The van der Waals surface area contributed by atoms with E-state index in [9.17, 15) is 10.2 Å². The van der Waals surface area contributed by atoms with Crippen LogP contribution in [0.2, 0.25) is 0 Å². The smallest absolute Gasteiger partial charge is 0.165 e. The first-order valence-electron chi connectivity index (χ1n) is 10.2. The summed E-state index contributed by atoms with van der Waals surface area (Å²) < 4.78 is 55.9. The van der Waals surface area contributed by atoms with Crippen LogP contribution in [0, 0.1) is 5.92 Å².